The van der Waals surface area contributed by atoms with Gasteiger partial charge in [0.05, 0.1) is 11.0 Å². The molecule has 0 aliphatic carbocycles. The Bertz CT molecular complexity index is 972. The fraction of sp³-hybridized carbons (Fsp3) is 0.0588. The van der Waals surface area contributed by atoms with Crippen LogP contribution >= 0.6 is 22.6 Å². The summed E-state index contributed by atoms with van der Waals surface area (Å²) in [5, 5.41) is 2.47. The average Bonchev–Trinajstić information content (AvgIpc) is 2.80. The van der Waals surface area contributed by atoms with Gasteiger partial charge < -0.3 is 0 Å². The molecule has 0 spiro atoms. The van der Waals surface area contributed by atoms with Gasteiger partial charge in [-0.3, -0.25) is 4.57 Å². The third-order valence-electron chi connectivity index (χ3n) is 3.64. The minimum Gasteiger partial charge on any atom is -0.278 e. The SMILES string of the molecule is Cc1ccc2c3ccccc3n(-c3nccc(I)n3)c2c1. The van der Waals surface area contributed by atoms with Crippen molar-refractivity contribution < 1.29 is 0 Å². The molecule has 0 saturated carbocycles. The summed E-state index contributed by atoms with van der Waals surface area (Å²) < 4.78 is 3.08. The van der Waals surface area contributed by atoms with Gasteiger partial charge in [0.1, 0.15) is 3.70 Å². The molecular formula is C17H12IN3. The molecule has 0 aliphatic rings. The number of para-hydroxylation sites is 1. The molecule has 2 heterocycles. The van der Waals surface area contributed by atoms with Crippen molar-refractivity contribution in [3.63, 3.8) is 0 Å². The molecule has 0 unspecified atom stereocenters. The summed E-state index contributed by atoms with van der Waals surface area (Å²) in [6.07, 6.45) is 1.81. The molecule has 0 aliphatic heterocycles. The maximum absolute atomic E-state index is 4.58. The highest BCUT2D eigenvalue weighted by Gasteiger charge is 2.13. The summed E-state index contributed by atoms with van der Waals surface area (Å²) in [5.74, 6) is 0.721. The van der Waals surface area contributed by atoms with E-state index in [0.29, 0.717) is 0 Å². The molecule has 4 rings (SSSR count). The van der Waals surface area contributed by atoms with Gasteiger partial charge in [0.25, 0.3) is 0 Å². The Morgan fingerprint density at radius 1 is 0.952 bits per heavy atom. The van der Waals surface area contributed by atoms with E-state index >= 15 is 0 Å². The number of fused-ring (bicyclic) bond motifs is 3. The van der Waals surface area contributed by atoms with E-state index in [9.17, 15) is 0 Å². The molecule has 2 aromatic carbocycles. The lowest BCUT2D eigenvalue weighted by Crippen LogP contribution is -2.01. The van der Waals surface area contributed by atoms with E-state index in [1.54, 1.807) is 6.20 Å². The molecule has 3 nitrogen and oxygen atoms in total. The van der Waals surface area contributed by atoms with Gasteiger partial charge in [-0.1, -0.05) is 30.3 Å². The number of hydrogen-bond acceptors (Lipinski definition) is 2. The van der Waals surface area contributed by atoms with Crippen LogP contribution in [-0.4, -0.2) is 14.5 Å². The lowest BCUT2D eigenvalue weighted by atomic mass is 10.1. The first-order valence-electron chi connectivity index (χ1n) is 6.73. The van der Waals surface area contributed by atoms with E-state index in [1.165, 1.54) is 16.3 Å². The fourth-order valence-electron chi connectivity index (χ4n) is 2.73. The van der Waals surface area contributed by atoms with E-state index in [4.69, 9.17) is 0 Å². The zero-order valence-corrected chi connectivity index (χ0v) is 13.6. The maximum Gasteiger partial charge on any atom is 0.235 e. The van der Waals surface area contributed by atoms with Crippen LogP contribution in [0.4, 0.5) is 0 Å². The second-order valence-electron chi connectivity index (χ2n) is 5.05. The third-order valence-corrected chi connectivity index (χ3v) is 4.24. The summed E-state index contributed by atoms with van der Waals surface area (Å²) >= 11 is 2.22. The van der Waals surface area contributed by atoms with Crippen LogP contribution in [-0.2, 0) is 0 Å². The van der Waals surface area contributed by atoms with Gasteiger partial charge >= 0.3 is 0 Å². The van der Waals surface area contributed by atoms with Crippen LogP contribution in [0.25, 0.3) is 27.8 Å². The molecule has 0 bridgehead atoms. The van der Waals surface area contributed by atoms with E-state index in [1.807, 2.05) is 6.07 Å². The van der Waals surface area contributed by atoms with Crippen molar-refractivity contribution in [1.29, 1.82) is 0 Å². The highest BCUT2D eigenvalue weighted by Crippen LogP contribution is 2.31. The Morgan fingerprint density at radius 3 is 2.62 bits per heavy atom. The van der Waals surface area contributed by atoms with Gasteiger partial charge in [-0.25, -0.2) is 9.97 Å². The molecule has 0 saturated heterocycles. The molecule has 0 atom stereocenters. The van der Waals surface area contributed by atoms with Gasteiger partial charge in [-0.15, -0.1) is 0 Å². The smallest absolute Gasteiger partial charge is 0.235 e. The van der Waals surface area contributed by atoms with E-state index < -0.39 is 0 Å². The molecule has 2 aromatic heterocycles. The zero-order valence-electron chi connectivity index (χ0n) is 11.4. The predicted octanol–water partition coefficient (Wildman–Crippen LogP) is 4.49. The lowest BCUT2D eigenvalue weighted by Gasteiger charge is -2.05. The van der Waals surface area contributed by atoms with Crippen molar-refractivity contribution in [2.45, 2.75) is 6.92 Å². The largest absolute Gasteiger partial charge is 0.278 e. The summed E-state index contributed by atoms with van der Waals surface area (Å²) in [4.78, 5) is 9.04. The quantitative estimate of drug-likeness (QED) is 0.357. The number of aromatic nitrogens is 3. The molecule has 0 fully saturated rings. The first-order chi connectivity index (χ1) is 10.2. The molecule has 0 amide bonds. The topological polar surface area (TPSA) is 30.7 Å². The predicted molar refractivity (Wildman–Crippen MR) is 93.8 cm³/mol. The highest BCUT2D eigenvalue weighted by atomic mass is 127. The highest BCUT2D eigenvalue weighted by molar-refractivity contribution is 14.1. The van der Waals surface area contributed by atoms with E-state index in [2.05, 4.69) is 86.5 Å². The van der Waals surface area contributed by atoms with Gasteiger partial charge in [-0.05, 0) is 53.3 Å². The average molecular weight is 385 g/mol. The Hall–Kier alpha value is -1.95. The standard InChI is InChI=1S/C17H12IN3/c1-11-6-7-13-12-4-2-3-5-14(12)21(15(13)10-11)17-19-9-8-16(18)20-17/h2-10H,1H3. The maximum atomic E-state index is 4.58. The first-order valence-corrected chi connectivity index (χ1v) is 7.80. The van der Waals surface area contributed by atoms with Crippen LogP contribution in [0.15, 0.2) is 54.7 Å². The van der Waals surface area contributed by atoms with Crippen LogP contribution in [0.2, 0.25) is 0 Å². The number of nitrogens with zero attached hydrogens (tertiary/aromatic N) is 3. The molecule has 102 valence electrons. The van der Waals surface area contributed by atoms with Gasteiger partial charge in [0.15, 0.2) is 0 Å². The second kappa shape index (κ2) is 4.80. The van der Waals surface area contributed by atoms with E-state index in [-0.39, 0.29) is 0 Å². The van der Waals surface area contributed by atoms with Crippen molar-refractivity contribution in [2.75, 3.05) is 0 Å². The minimum atomic E-state index is 0.721. The second-order valence-corrected chi connectivity index (χ2v) is 6.16. The minimum absolute atomic E-state index is 0.721. The van der Waals surface area contributed by atoms with Crippen LogP contribution in [0.5, 0.6) is 0 Å². The van der Waals surface area contributed by atoms with Crippen LogP contribution in [0.1, 0.15) is 5.56 Å². The molecule has 0 N–H and O–H groups in total. The van der Waals surface area contributed by atoms with Gasteiger partial charge in [-0.2, -0.15) is 0 Å². The lowest BCUT2D eigenvalue weighted by molar-refractivity contribution is 0.974. The van der Waals surface area contributed by atoms with Crippen molar-refractivity contribution in [3.8, 4) is 5.95 Å². The molecular weight excluding hydrogens is 373 g/mol. The molecule has 0 radical (unpaired) electrons. The van der Waals surface area contributed by atoms with Gasteiger partial charge in [0.2, 0.25) is 5.95 Å². The van der Waals surface area contributed by atoms with Crippen molar-refractivity contribution in [2.24, 2.45) is 0 Å². The van der Waals surface area contributed by atoms with Gasteiger partial charge in [0, 0.05) is 17.0 Å². The Kier molecular flexibility index (Phi) is 2.92. The number of benzene rings is 2. The summed E-state index contributed by atoms with van der Waals surface area (Å²) in [7, 11) is 0. The van der Waals surface area contributed by atoms with Crippen LogP contribution < -0.4 is 0 Å². The normalized spacial score (nSPS) is 11.3. The Balaban J connectivity index is 2.21. The van der Waals surface area contributed by atoms with Crippen LogP contribution in [0, 0.1) is 10.6 Å². The molecule has 4 aromatic rings. The zero-order chi connectivity index (χ0) is 14.4. The van der Waals surface area contributed by atoms with E-state index in [0.717, 1.165) is 20.7 Å². The molecule has 21 heavy (non-hydrogen) atoms. The Labute approximate surface area is 135 Å². The Morgan fingerprint density at radius 2 is 1.76 bits per heavy atom. The van der Waals surface area contributed by atoms with Crippen LogP contribution in [0.3, 0.4) is 0 Å². The number of rotatable bonds is 1. The third kappa shape index (κ3) is 2.01. The summed E-state index contributed by atoms with van der Waals surface area (Å²) in [6, 6.07) is 16.8. The van der Waals surface area contributed by atoms with Crippen molar-refractivity contribution in [1.82, 2.24) is 14.5 Å². The monoisotopic (exact) mass is 385 g/mol. The van der Waals surface area contributed by atoms with Crippen molar-refractivity contribution >= 4 is 44.4 Å². The molecule has 4 heteroatoms. The number of aryl methyl sites for hydroxylation is 1. The summed E-state index contributed by atoms with van der Waals surface area (Å²) in [6.45, 7) is 2.11. The summed E-state index contributed by atoms with van der Waals surface area (Å²) in [5.41, 5.74) is 3.52. The fourth-order valence-corrected chi connectivity index (χ4v) is 3.11. The number of halogens is 1. The number of hydrogen-bond donors (Lipinski definition) is 0. The van der Waals surface area contributed by atoms with Crippen molar-refractivity contribution in [3.05, 3.63) is 64.0 Å². The first kappa shape index (κ1) is 12.8.